The summed E-state index contributed by atoms with van der Waals surface area (Å²) in [5.41, 5.74) is 3.39. The number of nitrogens with one attached hydrogen (secondary N) is 3. The lowest BCUT2D eigenvalue weighted by Gasteiger charge is -2.13. The first-order chi connectivity index (χ1) is 13.2. The van der Waals surface area contributed by atoms with Gasteiger partial charge in [-0.25, -0.2) is 4.79 Å². The predicted molar refractivity (Wildman–Crippen MR) is 109 cm³/mol. The molecule has 1 aliphatic carbocycles. The van der Waals surface area contributed by atoms with Gasteiger partial charge in [-0.3, -0.25) is 4.79 Å². The van der Waals surface area contributed by atoms with Crippen molar-refractivity contribution in [3.63, 3.8) is 0 Å². The summed E-state index contributed by atoms with van der Waals surface area (Å²) in [6.07, 6.45) is 8.07. The fraction of sp³-hybridized carbons (Fsp3) is 0.273. The molecule has 0 aromatic heterocycles. The van der Waals surface area contributed by atoms with E-state index in [4.69, 9.17) is 0 Å². The minimum atomic E-state index is -0.320. The molecule has 0 unspecified atom stereocenters. The van der Waals surface area contributed by atoms with Gasteiger partial charge in [0, 0.05) is 23.5 Å². The third-order valence-electron chi connectivity index (χ3n) is 4.55. The van der Waals surface area contributed by atoms with E-state index in [1.54, 1.807) is 24.3 Å². The smallest absolute Gasteiger partial charge is 0.323 e. The summed E-state index contributed by atoms with van der Waals surface area (Å²) in [5, 5.41) is 8.47. The summed E-state index contributed by atoms with van der Waals surface area (Å²) in [7, 11) is 0. The van der Waals surface area contributed by atoms with Gasteiger partial charge in [-0.05, 0) is 68.5 Å². The summed E-state index contributed by atoms with van der Waals surface area (Å²) in [4.78, 5) is 24.2. The fourth-order valence-electron chi connectivity index (χ4n) is 3.09. The highest BCUT2D eigenvalue weighted by Crippen LogP contribution is 2.19. The van der Waals surface area contributed by atoms with Gasteiger partial charge in [-0.2, -0.15) is 0 Å². The van der Waals surface area contributed by atoms with Gasteiger partial charge in [-0.15, -0.1) is 0 Å². The highest BCUT2D eigenvalue weighted by atomic mass is 16.2. The molecule has 0 saturated carbocycles. The number of allylic oxidation sites excluding steroid dienone is 1. The zero-order valence-corrected chi connectivity index (χ0v) is 15.3. The number of carbonyl (C=O) groups is 2. The summed E-state index contributed by atoms with van der Waals surface area (Å²) in [6, 6.07) is 15.8. The van der Waals surface area contributed by atoms with Gasteiger partial charge in [0.1, 0.15) is 0 Å². The normalized spacial score (nSPS) is 13.4. The zero-order chi connectivity index (χ0) is 18.9. The van der Waals surface area contributed by atoms with Crippen molar-refractivity contribution in [3.05, 3.63) is 71.8 Å². The molecule has 0 spiro atoms. The Morgan fingerprint density at radius 2 is 1.56 bits per heavy atom. The van der Waals surface area contributed by atoms with Crippen LogP contribution in [0.1, 0.15) is 42.5 Å². The lowest BCUT2D eigenvalue weighted by molar-refractivity contribution is 0.0954. The minimum Gasteiger partial charge on any atom is -0.352 e. The van der Waals surface area contributed by atoms with E-state index >= 15 is 0 Å². The molecule has 0 saturated heterocycles. The van der Waals surface area contributed by atoms with Crippen LogP contribution in [0.5, 0.6) is 0 Å². The molecular weight excluding hydrogens is 338 g/mol. The molecule has 0 atom stereocenters. The maximum absolute atomic E-state index is 12.2. The summed E-state index contributed by atoms with van der Waals surface area (Å²) in [6.45, 7) is 0.657. The van der Waals surface area contributed by atoms with E-state index in [-0.39, 0.29) is 11.9 Å². The Kier molecular flexibility index (Phi) is 6.63. The van der Waals surface area contributed by atoms with E-state index < -0.39 is 0 Å². The first kappa shape index (κ1) is 18.7. The number of hydrogen-bond donors (Lipinski definition) is 3. The van der Waals surface area contributed by atoms with Crippen molar-refractivity contribution in [2.45, 2.75) is 32.1 Å². The van der Waals surface area contributed by atoms with Crippen molar-refractivity contribution in [2.24, 2.45) is 0 Å². The molecule has 0 aliphatic heterocycles. The number of para-hydroxylation sites is 1. The van der Waals surface area contributed by atoms with Gasteiger partial charge in [0.05, 0.1) is 0 Å². The summed E-state index contributed by atoms with van der Waals surface area (Å²) in [5.74, 6) is -0.0910. The van der Waals surface area contributed by atoms with Crippen LogP contribution in [0.4, 0.5) is 16.2 Å². The number of anilines is 2. The Morgan fingerprint density at radius 3 is 2.22 bits per heavy atom. The molecule has 0 heterocycles. The molecule has 3 rings (SSSR count). The van der Waals surface area contributed by atoms with Crippen LogP contribution < -0.4 is 16.0 Å². The largest absolute Gasteiger partial charge is 0.352 e. The highest BCUT2D eigenvalue weighted by molar-refractivity contribution is 6.00. The quantitative estimate of drug-likeness (QED) is 0.636. The molecule has 3 N–H and O–H groups in total. The second-order valence-corrected chi connectivity index (χ2v) is 6.64. The fourth-order valence-corrected chi connectivity index (χ4v) is 3.09. The maximum atomic E-state index is 12.2. The van der Waals surface area contributed by atoms with Crippen molar-refractivity contribution >= 4 is 23.3 Å². The third-order valence-corrected chi connectivity index (χ3v) is 4.55. The Labute approximate surface area is 159 Å². The van der Waals surface area contributed by atoms with Crippen molar-refractivity contribution in [1.82, 2.24) is 5.32 Å². The predicted octanol–water partition coefficient (Wildman–Crippen LogP) is 4.95. The lowest BCUT2D eigenvalue weighted by atomic mass is 9.97. The number of amides is 3. The van der Waals surface area contributed by atoms with Crippen molar-refractivity contribution in [1.29, 1.82) is 0 Å². The first-order valence-electron chi connectivity index (χ1n) is 9.40. The molecule has 0 radical (unpaired) electrons. The molecule has 3 amide bonds. The van der Waals surface area contributed by atoms with Crippen LogP contribution in [0, 0.1) is 0 Å². The second-order valence-electron chi connectivity index (χ2n) is 6.64. The van der Waals surface area contributed by atoms with Crippen molar-refractivity contribution in [3.8, 4) is 0 Å². The molecule has 5 heteroatoms. The molecule has 5 nitrogen and oxygen atoms in total. The van der Waals surface area contributed by atoms with E-state index in [1.165, 1.54) is 18.4 Å². The van der Waals surface area contributed by atoms with Gasteiger partial charge < -0.3 is 16.0 Å². The van der Waals surface area contributed by atoms with Gasteiger partial charge >= 0.3 is 6.03 Å². The van der Waals surface area contributed by atoms with Crippen molar-refractivity contribution < 1.29 is 9.59 Å². The van der Waals surface area contributed by atoms with E-state index in [9.17, 15) is 9.59 Å². The highest BCUT2D eigenvalue weighted by Gasteiger charge is 2.08. The average molecular weight is 363 g/mol. The van der Waals surface area contributed by atoms with E-state index in [1.807, 2.05) is 30.3 Å². The van der Waals surface area contributed by atoms with Gasteiger partial charge in [0.15, 0.2) is 0 Å². The SMILES string of the molecule is O=C(Nc1ccccc1)Nc1ccc(C(=O)NCCC2=CCCCC2)cc1. The van der Waals surface area contributed by atoms with Gasteiger partial charge in [-0.1, -0.05) is 29.8 Å². The van der Waals surface area contributed by atoms with E-state index in [0.29, 0.717) is 17.8 Å². The monoisotopic (exact) mass is 363 g/mol. The Morgan fingerprint density at radius 1 is 0.852 bits per heavy atom. The molecule has 140 valence electrons. The van der Waals surface area contributed by atoms with Crippen LogP contribution in [0.15, 0.2) is 66.2 Å². The maximum Gasteiger partial charge on any atom is 0.323 e. The number of hydrogen-bond acceptors (Lipinski definition) is 2. The molecule has 0 bridgehead atoms. The Balaban J connectivity index is 1.45. The van der Waals surface area contributed by atoms with Crippen LogP contribution >= 0.6 is 0 Å². The first-order valence-corrected chi connectivity index (χ1v) is 9.40. The Hall–Kier alpha value is -3.08. The van der Waals surface area contributed by atoms with E-state index in [0.717, 1.165) is 24.9 Å². The second kappa shape index (κ2) is 9.57. The Bertz CT molecular complexity index is 798. The molecule has 0 fully saturated rings. The zero-order valence-electron chi connectivity index (χ0n) is 15.3. The summed E-state index contributed by atoms with van der Waals surface area (Å²) < 4.78 is 0. The van der Waals surface area contributed by atoms with Crippen LogP contribution in [0.3, 0.4) is 0 Å². The minimum absolute atomic E-state index is 0.0910. The standard InChI is InChI=1S/C22H25N3O2/c26-21(23-16-15-17-7-3-1-4-8-17)18-11-13-20(14-12-18)25-22(27)24-19-9-5-2-6-10-19/h2,5-7,9-14H,1,3-4,8,15-16H2,(H,23,26)(H2,24,25,27). The lowest BCUT2D eigenvalue weighted by Crippen LogP contribution is -2.25. The number of urea groups is 1. The average Bonchev–Trinajstić information content (AvgIpc) is 2.70. The van der Waals surface area contributed by atoms with Crippen molar-refractivity contribution in [2.75, 3.05) is 17.2 Å². The number of rotatable bonds is 6. The molecule has 2 aromatic carbocycles. The van der Waals surface area contributed by atoms with Crippen LogP contribution in [-0.4, -0.2) is 18.5 Å². The van der Waals surface area contributed by atoms with Crippen LogP contribution in [-0.2, 0) is 0 Å². The molecule has 1 aliphatic rings. The molecular formula is C22H25N3O2. The van der Waals surface area contributed by atoms with E-state index in [2.05, 4.69) is 22.0 Å². The third kappa shape index (κ3) is 5.99. The van der Waals surface area contributed by atoms with Crippen LogP contribution in [0.2, 0.25) is 0 Å². The molecule has 27 heavy (non-hydrogen) atoms. The van der Waals surface area contributed by atoms with Gasteiger partial charge in [0.2, 0.25) is 0 Å². The van der Waals surface area contributed by atoms with Crippen LogP contribution in [0.25, 0.3) is 0 Å². The topological polar surface area (TPSA) is 70.2 Å². The van der Waals surface area contributed by atoms with Gasteiger partial charge in [0.25, 0.3) is 5.91 Å². The number of benzene rings is 2. The number of carbonyl (C=O) groups excluding carboxylic acids is 2. The molecule has 2 aromatic rings. The summed E-state index contributed by atoms with van der Waals surface area (Å²) >= 11 is 0.